The fourth-order valence-electron chi connectivity index (χ4n) is 2.56. The lowest BCUT2D eigenvalue weighted by atomic mass is 10.1. The Labute approximate surface area is 119 Å². The lowest BCUT2D eigenvalue weighted by molar-refractivity contribution is -0.129. The average Bonchev–Trinajstić information content (AvgIpc) is 2.91. The zero-order chi connectivity index (χ0) is 14.5. The van der Waals surface area contributed by atoms with E-state index in [1.165, 1.54) is 12.1 Å². The summed E-state index contributed by atoms with van der Waals surface area (Å²) in [5.41, 5.74) is 0.827. The molecule has 0 aliphatic carbocycles. The Bertz CT molecular complexity index is 476. The molecule has 1 aromatic rings. The first kappa shape index (κ1) is 14.7. The Balaban J connectivity index is 2.06. The molecule has 0 aromatic heterocycles. The monoisotopic (exact) mass is 276 g/mol. The van der Waals surface area contributed by atoms with Crippen LogP contribution in [0.2, 0.25) is 0 Å². The van der Waals surface area contributed by atoms with Crippen molar-refractivity contribution in [1.82, 2.24) is 10.2 Å². The van der Waals surface area contributed by atoms with Gasteiger partial charge in [-0.15, -0.1) is 0 Å². The van der Waals surface area contributed by atoms with Gasteiger partial charge < -0.3 is 10.2 Å². The Kier molecular flexibility index (Phi) is 4.90. The number of rotatable bonds is 4. The van der Waals surface area contributed by atoms with E-state index in [4.69, 9.17) is 0 Å². The van der Waals surface area contributed by atoms with E-state index >= 15 is 0 Å². The van der Waals surface area contributed by atoms with Crippen LogP contribution in [0.4, 0.5) is 4.39 Å². The summed E-state index contributed by atoms with van der Waals surface area (Å²) >= 11 is 0. The van der Waals surface area contributed by atoms with Crippen LogP contribution in [0.5, 0.6) is 0 Å². The maximum absolute atomic E-state index is 12.8. The van der Waals surface area contributed by atoms with Gasteiger partial charge in [0.2, 0.25) is 5.91 Å². The fraction of sp³-hybridized carbons (Fsp3) is 0.438. The van der Waals surface area contributed by atoms with Gasteiger partial charge in [0.25, 0.3) is 0 Å². The first-order valence-corrected chi connectivity index (χ1v) is 7.04. The first-order chi connectivity index (χ1) is 9.58. The second-order valence-corrected chi connectivity index (χ2v) is 5.37. The van der Waals surface area contributed by atoms with Crippen molar-refractivity contribution in [2.75, 3.05) is 13.1 Å². The van der Waals surface area contributed by atoms with Crippen LogP contribution in [-0.2, 0) is 4.79 Å². The minimum atomic E-state index is -0.269. The number of nitrogens with one attached hydrogen (secondary N) is 1. The summed E-state index contributed by atoms with van der Waals surface area (Å²) in [4.78, 5) is 14.3. The molecule has 20 heavy (non-hydrogen) atoms. The van der Waals surface area contributed by atoms with Gasteiger partial charge in [-0.1, -0.05) is 12.1 Å². The first-order valence-electron chi connectivity index (χ1n) is 7.04. The minimum Gasteiger partial charge on any atom is -0.332 e. The number of carbonyl (C=O) groups is 1. The number of benzene rings is 1. The lowest BCUT2D eigenvalue weighted by Crippen LogP contribution is -2.45. The number of nitrogens with zero attached hydrogens (tertiary/aromatic N) is 1. The minimum absolute atomic E-state index is 0.0121. The zero-order valence-corrected chi connectivity index (χ0v) is 12.0. The maximum atomic E-state index is 12.8. The van der Waals surface area contributed by atoms with Crippen molar-refractivity contribution in [2.24, 2.45) is 0 Å². The van der Waals surface area contributed by atoms with E-state index in [1.807, 2.05) is 18.7 Å². The summed E-state index contributed by atoms with van der Waals surface area (Å²) in [6.07, 6.45) is 4.30. The second kappa shape index (κ2) is 6.66. The predicted molar refractivity (Wildman–Crippen MR) is 78.7 cm³/mol. The van der Waals surface area contributed by atoms with Crippen molar-refractivity contribution in [3.63, 3.8) is 0 Å². The normalized spacial score (nSPS) is 18.9. The summed E-state index contributed by atoms with van der Waals surface area (Å²) in [5, 5.41) is 3.28. The quantitative estimate of drug-likeness (QED) is 0.857. The zero-order valence-electron chi connectivity index (χ0n) is 12.0. The molecule has 4 heteroatoms. The van der Waals surface area contributed by atoms with E-state index in [2.05, 4.69) is 5.32 Å². The van der Waals surface area contributed by atoms with Crippen LogP contribution >= 0.6 is 0 Å². The van der Waals surface area contributed by atoms with Crippen molar-refractivity contribution < 1.29 is 9.18 Å². The molecule has 1 amide bonds. The largest absolute Gasteiger partial charge is 0.332 e. The highest BCUT2D eigenvalue weighted by atomic mass is 19.1. The molecule has 0 spiro atoms. The third-order valence-electron chi connectivity index (χ3n) is 3.53. The molecule has 1 aliphatic heterocycles. The summed E-state index contributed by atoms with van der Waals surface area (Å²) < 4.78 is 12.8. The van der Waals surface area contributed by atoms with E-state index in [0.29, 0.717) is 0 Å². The molecule has 108 valence electrons. The molecular formula is C16H21FN2O. The summed E-state index contributed by atoms with van der Waals surface area (Å²) in [6, 6.07) is 6.55. The number of amides is 1. The Morgan fingerprint density at radius 3 is 2.65 bits per heavy atom. The average molecular weight is 276 g/mol. The molecule has 1 saturated heterocycles. The summed E-state index contributed by atoms with van der Waals surface area (Å²) in [6.45, 7) is 5.88. The van der Waals surface area contributed by atoms with E-state index < -0.39 is 0 Å². The number of halogens is 1. The second-order valence-electron chi connectivity index (χ2n) is 5.37. The van der Waals surface area contributed by atoms with Crippen LogP contribution in [0, 0.1) is 5.82 Å². The number of hydrogen-bond acceptors (Lipinski definition) is 2. The Morgan fingerprint density at radius 1 is 1.40 bits per heavy atom. The van der Waals surface area contributed by atoms with E-state index in [-0.39, 0.29) is 23.8 Å². The van der Waals surface area contributed by atoms with Crippen LogP contribution in [0.1, 0.15) is 25.8 Å². The number of hydrogen-bond donors (Lipinski definition) is 1. The van der Waals surface area contributed by atoms with Gasteiger partial charge in [-0.2, -0.15) is 0 Å². The van der Waals surface area contributed by atoms with E-state index in [0.717, 1.165) is 25.1 Å². The fourth-order valence-corrected chi connectivity index (χ4v) is 2.56. The molecule has 1 atom stereocenters. The molecule has 1 heterocycles. The third-order valence-corrected chi connectivity index (χ3v) is 3.53. The van der Waals surface area contributed by atoms with Gasteiger partial charge >= 0.3 is 0 Å². The standard InChI is InChI=1S/C16H21FN2O/c1-12(2)19(15-9-10-18-11-15)16(20)8-5-13-3-6-14(17)7-4-13/h3-8,12,15,18H,9-11H2,1-2H3/b8-5+. The maximum Gasteiger partial charge on any atom is 0.247 e. The Hall–Kier alpha value is -1.68. The molecule has 0 radical (unpaired) electrons. The number of carbonyl (C=O) groups excluding carboxylic acids is 1. The topological polar surface area (TPSA) is 32.3 Å². The van der Waals surface area contributed by atoms with Gasteiger partial charge in [0.1, 0.15) is 5.82 Å². The molecular weight excluding hydrogens is 255 g/mol. The van der Waals surface area contributed by atoms with Crippen molar-refractivity contribution in [1.29, 1.82) is 0 Å². The van der Waals surface area contributed by atoms with Gasteiger partial charge in [0.15, 0.2) is 0 Å². The molecule has 0 bridgehead atoms. The molecule has 1 aliphatic rings. The van der Waals surface area contributed by atoms with Crippen LogP contribution in [0.3, 0.4) is 0 Å². The lowest BCUT2D eigenvalue weighted by Gasteiger charge is -2.31. The van der Waals surface area contributed by atoms with Crippen LogP contribution in [-0.4, -0.2) is 36.0 Å². The highest BCUT2D eigenvalue weighted by molar-refractivity contribution is 5.92. The van der Waals surface area contributed by atoms with E-state index in [9.17, 15) is 9.18 Å². The van der Waals surface area contributed by atoms with Gasteiger partial charge in [-0.25, -0.2) is 4.39 Å². The van der Waals surface area contributed by atoms with Crippen LogP contribution in [0.15, 0.2) is 30.3 Å². The Morgan fingerprint density at radius 2 is 2.10 bits per heavy atom. The molecule has 1 unspecified atom stereocenters. The molecule has 2 rings (SSSR count). The van der Waals surface area contributed by atoms with Gasteiger partial charge in [0.05, 0.1) is 0 Å². The van der Waals surface area contributed by atoms with Crippen LogP contribution < -0.4 is 5.32 Å². The van der Waals surface area contributed by atoms with Crippen molar-refractivity contribution in [3.05, 3.63) is 41.7 Å². The van der Waals surface area contributed by atoms with Gasteiger partial charge in [0, 0.05) is 24.7 Å². The molecule has 1 aromatic carbocycles. The third kappa shape index (κ3) is 3.67. The molecule has 1 N–H and O–H groups in total. The summed E-state index contributed by atoms with van der Waals surface area (Å²) in [7, 11) is 0. The highest BCUT2D eigenvalue weighted by Gasteiger charge is 2.27. The SMILES string of the molecule is CC(C)N(C(=O)/C=C/c1ccc(F)cc1)C1CCNC1. The molecule has 3 nitrogen and oxygen atoms in total. The van der Waals surface area contributed by atoms with E-state index in [1.54, 1.807) is 24.3 Å². The smallest absolute Gasteiger partial charge is 0.247 e. The highest BCUT2D eigenvalue weighted by Crippen LogP contribution is 2.14. The van der Waals surface area contributed by atoms with Gasteiger partial charge in [-0.05, 0) is 50.6 Å². The predicted octanol–water partition coefficient (Wildman–Crippen LogP) is 2.44. The molecule has 1 fully saturated rings. The van der Waals surface area contributed by atoms with Crippen LogP contribution in [0.25, 0.3) is 6.08 Å². The van der Waals surface area contributed by atoms with Crippen molar-refractivity contribution in [3.8, 4) is 0 Å². The van der Waals surface area contributed by atoms with Gasteiger partial charge in [-0.3, -0.25) is 4.79 Å². The summed E-state index contributed by atoms with van der Waals surface area (Å²) in [5.74, 6) is -0.257. The van der Waals surface area contributed by atoms with Crippen molar-refractivity contribution >= 4 is 12.0 Å². The molecule has 0 saturated carbocycles. The van der Waals surface area contributed by atoms with Crippen molar-refractivity contribution in [2.45, 2.75) is 32.4 Å².